The van der Waals surface area contributed by atoms with E-state index in [1.807, 2.05) is 26.0 Å². The normalized spacial score (nSPS) is 10.8. The summed E-state index contributed by atoms with van der Waals surface area (Å²) < 4.78 is 5.09. The van der Waals surface area contributed by atoms with Gasteiger partial charge in [0.15, 0.2) is 0 Å². The van der Waals surface area contributed by atoms with Crippen molar-refractivity contribution in [2.24, 2.45) is 0 Å². The van der Waals surface area contributed by atoms with Crippen LogP contribution in [0.1, 0.15) is 42.3 Å². The third kappa shape index (κ3) is 6.95. The molecule has 0 spiro atoms. The summed E-state index contributed by atoms with van der Waals surface area (Å²) in [4.78, 5) is 36.4. The largest absolute Gasteiger partial charge is 0.444 e. The molecule has 0 aliphatic heterocycles. The molecule has 2 rings (SSSR count). The lowest BCUT2D eigenvalue weighted by atomic mass is 10.1. The molecule has 0 fully saturated rings. The number of ether oxygens (including phenoxy) is 1. The van der Waals surface area contributed by atoms with Crippen LogP contribution in [0.5, 0.6) is 0 Å². The van der Waals surface area contributed by atoms with E-state index in [1.54, 1.807) is 51.1 Å². The first-order valence-corrected chi connectivity index (χ1v) is 9.29. The number of carbonyl (C=O) groups is 3. The van der Waals surface area contributed by atoms with Crippen molar-refractivity contribution < 1.29 is 19.1 Å². The Morgan fingerprint density at radius 1 is 0.897 bits per heavy atom. The van der Waals surface area contributed by atoms with E-state index in [0.717, 1.165) is 11.1 Å². The number of nitrogens with one attached hydrogen (secondary N) is 3. The van der Waals surface area contributed by atoms with Crippen LogP contribution in [-0.4, -0.2) is 30.1 Å². The molecular formula is C22H27N3O4. The number of alkyl carbamates (subject to hydrolysis) is 1. The van der Waals surface area contributed by atoms with Crippen molar-refractivity contribution >= 4 is 29.3 Å². The van der Waals surface area contributed by atoms with Crippen LogP contribution >= 0.6 is 0 Å². The van der Waals surface area contributed by atoms with E-state index in [9.17, 15) is 14.4 Å². The van der Waals surface area contributed by atoms with E-state index >= 15 is 0 Å². The Balaban J connectivity index is 2.01. The second-order valence-corrected chi connectivity index (χ2v) is 7.70. The molecule has 29 heavy (non-hydrogen) atoms. The SMILES string of the molecule is Cc1ccc(C(=O)Nc2ccccc2NC(=O)CNC(=O)OC(C)(C)C)cc1C. The minimum absolute atomic E-state index is 0.256. The van der Waals surface area contributed by atoms with Gasteiger partial charge in [-0.15, -0.1) is 0 Å². The van der Waals surface area contributed by atoms with Gasteiger partial charge < -0.3 is 20.7 Å². The van der Waals surface area contributed by atoms with Crippen LogP contribution in [0.15, 0.2) is 42.5 Å². The Morgan fingerprint density at radius 3 is 2.10 bits per heavy atom. The smallest absolute Gasteiger partial charge is 0.408 e. The first-order valence-electron chi connectivity index (χ1n) is 9.29. The summed E-state index contributed by atoms with van der Waals surface area (Å²) in [6.45, 7) is 8.88. The lowest BCUT2D eigenvalue weighted by molar-refractivity contribution is -0.115. The van der Waals surface area contributed by atoms with Crippen molar-refractivity contribution in [2.45, 2.75) is 40.2 Å². The summed E-state index contributed by atoms with van der Waals surface area (Å²) in [5.41, 5.74) is 2.90. The Labute approximate surface area is 170 Å². The average molecular weight is 397 g/mol. The minimum atomic E-state index is -0.677. The first kappa shape index (κ1) is 21.9. The fraction of sp³-hybridized carbons (Fsp3) is 0.318. The number of amides is 3. The molecule has 0 aliphatic rings. The summed E-state index contributed by atoms with van der Waals surface area (Å²) in [5, 5.41) is 7.89. The second kappa shape index (κ2) is 9.23. The zero-order valence-electron chi connectivity index (χ0n) is 17.4. The molecule has 7 nitrogen and oxygen atoms in total. The van der Waals surface area contributed by atoms with Gasteiger partial charge in [-0.1, -0.05) is 18.2 Å². The molecule has 0 aromatic heterocycles. The van der Waals surface area contributed by atoms with Gasteiger partial charge in [0.05, 0.1) is 11.4 Å². The highest BCUT2D eigenvalue weighted by molar-refractivity contribution is 6.07. The Hall–Kier alpha value is -3.35. The molecule has 0 aliphatic carbocycles. The van der Waals surface area contributed by atoms with Crippen LogP contribution in [-0.2, 0) is 9.53 Å². The number of hydrogen-bond acceptors (Lipinski definition) is 4. The van der Waals surface area contributed by atoms with Gasteiger partial charge >= 0.3 is 6.09 Å². The van der Waals surface area contributed by atoms with Gasteiger partial charge in [-0.2, -0.15) is 0 Å². The predicted molar refractivity (Wildman–Crippen MR) is 113 cm³/mol. The second-order valence-electron chi connectivity index (χ2n) is 7.70. The zero-order valence-corrected chi connectivity index (χ0v) is 17.4. The molecule has 3 N–H and O–H groups in total. The minimum Gasteiger partial charge on any atom is -0.444 e. The molecule has 0 heterocycles. The molecule has 154 valence electrons. The van der Waals surface area contributed by atoms with E-state index < -0.39 is 17.6 Å². The summed E-state index contributed by atoms with van der Waals surface area (Å²) in [5.74, 6) is -0.717. The van der Waals surface area contributed by atoms with Crippen molar-refractivity contribution in [3.05, 3.63) is 59.2 Å². The average Bonchev–Trinajstić information content (AvgIpc) is 2.62. The van der Waals surface area contributed by atoms with Crippen LogP contribution in [0.2, 0.25) is 0 Å². The Bertz CT molecular complexity index is 917. The molecule has 0 saturated heterocycles. The highest BCUT2D eigenvalue weighted by atomic mass is 16.6. The molecule has 3 amide bonds. The van der Waals surface area contributed by atoms with Crippen LogP contribution in [0.4, 0.5) is 16.2 Å². The third-order valence-corrected chi connectivity index (χ3v) is 4.01. The van der Waals surface area contributed by atoms with Gasteiger partial charge in [-0.05, 0) is 70.0 Å². The molecule has 0 atom stereocenters. The summed E-state index contributed by atoms with van der Waals surface area (Å²) >= 11 is 0. The van der Waals surface area contributed by atoms with Gasteiger partial charge in [-0.25, -0.2) is 4.79 Å². The van der Waals surface area contributed by atoms with Crippen molar-refractivity contribution in [1.29, 1.82) is 0 Å². The predicted octanol–water partition coefficient (Wildman–Crippen LogP) is 4.02. The number of rotatable bonds is 5. The van der Waals surface area contributed by atoms with E-state index in [0.29, 0.717) is 16.9 Å². The lowest BCUT2D eigenvalue weighted by Gasteiger charge is -2.19. The van der Waals surface area contributed by atoms with E-state index in [2.05, 4.69) is 16.0 Å². The van der Waals surface area contributed by atoms with Gasteiger partial charge in [-0.3, -0.25) is 9.59 Å². The van der Waals surface area contributed by atoms with Crippen molar-refractivity contribution in [3.8, 4) is 0 Å². The molecule has 0 bridgehead atoms. The van der Waals surface area contributed by atoms with Crippen LogP contribution in [0, 0.1) is 13.8 Å². The lowest BCUT2D eigenvalue weighted by Crippen LogP contribution is -2.37. The first-order chi connectivity index (χ1) is 13.5. The van der Waals surface area contributed by atoms with E-state index in [4.69, 9.17) is 4.74 Å². The van der Waals surface area contributed by atoms with Crippen LogP contribution in [0.25, 0.3) is 0 Å². The van der Waals surface area contributed by atoms with Crippen LogP contribution < -0.4 is 16.0 Å². The van der Waals surface area contributed by atoms with Crippen LogP contribution in [0.3, 0.4) is 0 Å². The zero-order chi connectivity index (χ0) is 21.6. The van der Waals surface area contributed by atoms with Gasteiger partial charge in [0.25, 0.3) is 5.91 Å². The van der Waals surface area contributed by atoms with Gasteiger partial charge in [0.2, 0.25) is 5.91 Å². The number of carbonyl (C=O) groups excluding carboxylic acids is 3. The standard InChI is InChI=1S/C22H27N3O4/c1-14-10-11-16(12-15(14)2)20(27)25-18-9-7-6-8-17(18)24-19(26)13-23-21(28)29-22(3,4)5/h6-12H,13H2,1-5H3,(H,23,28)(H,24,26)(H,25,27). The number of hydrogen-bond donors (Lipinski definition) is 3. The van der Waals surface area contributed by atoms with Gasteiger partial charge in [0, 0.05) is 5.56 Å². The molecule has 2 aromatic rings. The molecule has 0 unspecified atom stereocenters. The molecule has 0 radical (unpaired) electrons. The monoisotopic (exact) mass is 397 g/mol. The molecule has 7 heteroatoms. The third-order valence-electron chi connectivity index (χ3n) is 4.01. The maximum absolute atomic E-state index is 12.6. The molecule has 2 aromatic carbocycles. The fourth-order valence-electron chi connectivity index (χ4n) is 2.44. The van der Waals surface area contributed by atoms with E-state index in [-0.39, 0.29) is 12.5 Å². The number of benzene rings is 2. The summed E-state index contributed by atoms with van der Waals surface area (Å²) in [6.07, 6.45) is -0.677. The highest BCUT2D eigenvalue weighted by Gasteiger charge is 2.17. The van der Waals surface area contributed by atoms with Crippen molar-refractivity contribution in [1.82, 2.24) is 5.32 Å². The molecule has 0 saturated carbocycles. The maximum Gasteiger partial charge on any atom is 0.408 e. The summed E-state index contributed by atoms with van der Waals surface area (Å²) in [7, 11) is 0. The number of anilines is 2. The quantitative estimate of drug-likeness (QED) is 0.710. The van der Waals surface area contributed by atoms with Crippen molar-refractivity contribution in [2.75, 3.05) is 17.2 Å². The van der Waals surface area contributed by atoms with Crippen molar-refractivity contribution in [3.63, 3.8) is 0 Å². The number of aryl methyl sites for hydroxylation is 2. The topological polar surface area (TPSA) is 96.5 Å². The molecular weight excluding hydrogens is 370 g/mol. The Morgan fingerprint density at radius 2 is 1.52 bits per heavy atom. The highest BCUT2D eigenvalue weighted by Crippen LogP contribution is 2.22. The fourth-order valence-corrected chi connectivity index (χ4v) is 2.44. The van der Waals surface area contributed by atoms with E-state index in [1.165, 1.54) is 0 Å². The maximum atomic E-state index is 12.6. The summed E-state index contributed by atoms with van der Waals surface area (Å²) in [6, 6.07) is 12.3. The van der Waals surface area contributed by atoms with Gasteiger partial charge in [0.1, 0.15) is 12.1 Å². The Kier molecular flexibility index (Phi) is 6.98. The number of para-hydroxylation sites is 2.